The summed E-state index contributed by atoms with van der Waals surface area (Å²) >= 11 is 1.48. The molecule has 2 aliphatic heterocycles. The normalized spacial score (nSPS) is 20.1. The van der Waals surface area contributed by atoms with E-state index in [9.17, 15) is 9.59 Å². The van der Waals surface area contributed by atoms with Crippen molar-refractivity contribution in [1.29, 1.82) is 0 Å². The molecule has 0 spiro atoms. The Labute approximate surface area is 166 Å². The number of hydrogen-bond acceptors (Lipinski definition) is 6. The first-order valence-electron chi connectivity index (χ1n) is 9.68. The van der Waals surface area contributed by atoms with Crippen LogP contribution in [0.4, 0.5) is 5.13 Å². The number of thiazole rings is 1. The van der Waals surface area contributed by atoms with Gasteiger partial charge in [0.2, 0.25) is 12.7 Å². The molecular formula is C20H21N3O4S. The lowest BCUT2D eigenvalue weighted by atomic mass is 9.90. The number of likely N-dealkylation sites (tertiary alicyclic amines) is 1. The first-order valence-corrected chi connectivity index (χ1v) is 10.5. The maximum absolute atomic E-state index is 12.9. The van der Waals surface area contributed by atoms with Gasteiger partial charge in [0, 0.05) is 23.5 Å². The molecule has 1 saturated heterocycles. The molecule has 0 unspecified atom stereocenters. The summed E-state index contributed by atoms with van der Waals surface area (Å²) in [5, 5.41) is 3.43. The van der Waals surface area contributed by atoms with Crippen LogP contribution in [0.3, 0.4) is 0 Å². The highest BCUT2D eigenvalue weighted by atomic mass is 32.1. The molecule has 0 saturated carbocycles. The summed E-state index contributed by atoms with van der Waals surface area (Å²) < 4.78 is 10.6. The van der Waals surface area contributed by atoms with Crippen molar-refractivity contribution in [3.05, 3.63) is 34.3 Å². The number of amides is 2. The van der Waals surface area contributed by atoms with E-state index in [0.717, 1.165) is 55.8 Å². The summed E-state index contributed by atoms with van der Waals surface area (Å²) in [6, 6.07) is 5.11. The number of benzene rings is 1. The molecule has 7 nitrogen and oxygen atoms in total. The standard InChI is InChI=1S/C20H21N3O4S/c24-18(12-6-7-14-15(10-12)27-11-26-14)22-20-21-17-13(4-3-5-16(17)28-20)19(25)23-8-1-2-9-23/h6-7,10,13H,1-5,8-9,11H2,(H,21,22,24)/t13-/m1/s1. The van der Waals surface area contributed by atoms with Crippen LogP contribution in [0.25, 0.3) is 0 Å². The molecule has 2 aromatic rings. The number of ether oxygens (including phenoxy) is 2. The minimum atomic E-state index is -0.244. The minimum absolute atomic E-state index is 0.172. The van der Waals surface area contributed by atoms with Crippen LogP contribution in [-0.4, -0.2) is 41.6 Å². The molecule has 1 aliphatic carbocycles. The molecule has 3 aliphatic rings. The van der Waals surface area contributed by atoms with Gasteiger partial charge in [-0.1, -0.05) is 0 Å². The van der Waals surface area contributed by atoms with Gasteiger partial charge in [-0.15, -0.1) is 11.3 Å². The molecule has 1 atom stereocenters. The molecule has 28 heavy (non-hydrogen) atoms. The van der Waals surface area contributed by atoms with E-state index >= 15 is 0 Å². The summed E-state index contributed by atoms with van der Waals surface area (Å²) in [5.74, 6) is 0.991. The third kappa shape index (κ3) is 3.11. The average Bonchev–Trinajstić information content (AvgIpc) is 3.45. The van der Waals surface area contributed by atoms with Gasteiger partial charge in [0.1, 0.15) is 0 Å². The van der Waals surface area contributed by atoms with Crippen LogP contribution in [0.5, 0.6) is 11.5 Å². The van der Waals surface area contributed by atoms with E-state index in [-0.39, 0.29) is 24.5 Å². The highest BCUT2D eigenvalue weighted by Gasteiger charge is 2.34. The highest BCUT2D eigenvalue weighted by molar-refractivity contribution is 7.16. The number of anilines is 1. The number of fused-ring (bicyclic) bond motifs is 2. The molecule has 1 N–H and O–H groups in total. The van der Waals surface area contributed by atoms with Crippen molar-refractivity contribution in [1.82, 2.24) is 9.88 Å². The van der Waals surface area contributed by atoms with Gasteiger partial charge in [-0.05, 0) is 50.3 Å². The van der Waals surface area contributed by atoms with Gasteiger partial charge in [-0.3, -0.25) is 14.9 Å². The molecule has 3 heterocycles. The van der Waals surface area contributed by atoms with Crippen LogP contribution in [-0.2, 0) is 11.2 Å². The second-order valence-corrected chi connectivity index (χ2v) is 8.41. The Bertz CT molecular complexity index is 936. The SMILES string of the molecule is O=C(Nc1nc2c(s1)CCC[C@H]2C(=O)N1CCCC1)c1ccc2c(c1)OCO2. The van der Waals surface area contributed by atoms with E-state index in [4.69, 9.17) is 9.47 Å². The lowest BCUT2D eigenvalue weighted by Crippen LogP contribution is -2.34. The maximum Gasteiger partial charge on any atom is 0.257 e. The molecule has 5 rings (SSSR count). The number of nitrogens with zero attached hydrogens (tertiary/aromatic N) is 2. The van der Waals surface area contributed by atoms with Crippen LogP contribution in [0.1, 0.15) is 52.5 Å². The van der Waals surface area contributed by atoms with Crippen LogP contribution in [0.2, 0.25) is 0 Å². The minimum Gasteiger partial charge on any atom is -0.454 e. The Hall–Kier alpha value is -2.61. The molecule has 1 aromatic carbocycles. The largest absolute Gasteiger partial charge is 0.454 e. The van der Waals surface area contributed by atoms with Crippen LogP contribution < -0.4 is 14.8 Å². The van der Waals surface area contributed by atoms with Crippen molar-refractivity contribution >= 4 is 28.3 Å². The van der Waals surface area contributed by atoms with Gasteiger partial charge in [-0.2, -0.15) is 0 Å². The Morgan fingerprint density at radius 1 is 1.14 bits per heavy atom. The van der Waals surface area contributed by atoms with Gasteiger partial charge in [0.05, 0.1) is 11.6 Å². The first kappa shape index (κ1) is 17.5. The van der Waals surface area contributed by atoms with Gasteiger partial charge >= 0.3 is 0 Å². The van der Waals surface area contributed by atoms with Crippen molar-refractivity contribution in [3.8, 4) is 11.5 Å². The molecule has 2 amide bonds. The zero-order valence-corrected chi connectivity index (χ0v) is 16.2. The van der Waals surface area contributed by atoms with Crippen molar-refractivity contribution in [2.75, 3.05) is 25.2 Å². The predicted molar refractivity (Wildman–Crippen MR) is 104 cm³/mol. The molecule has 8 heteroatoms. The lowest BCUT2D eigenvalue weighted by molar-refractivity contribution is -0.132. The van der Waals surface area contributed by atoms with Crippen molar-refractivity contribution in [2.45, 2.75) is 38.0 Å². The number of aromatic nitrogens is 1. The monoisotopic (exact) mass is 399 g/mol. The average molecular weight is 399 g/mol. The molecule has 0 bridgehead atoms. The quantitative estimate of drug-likeness (QED) is 0.857. The Balaban J connectivity index is 1.34. The van der Waals surface area contributed by atoms with Crippen molar-refractivity contribution in [3.63, 3.8) is 0 Å². The summed E-state index contributed by atoms with van der Waals surface area (Å²) in [5.41, 5.74) is 1.34. The first-order chi connectivity index (χ1) is 13.7. The fourth-order valence-electron chi connectivity index (χ4n) is 4.08. The summed E-state index contributed by atoms with van der Waals surface area (Å²) in [6.07, 6.45) is 4.89. The summed E-state index contributed by atoms with van der Waals surface area (Å²) in [4.78, 5) is 33.3. The van der Waals surface area contributed by atoms with Crippen molar-refractivity contribution < 1.29 is 19.1 Å². The number of rotatable bonds is 3. The number of carbonyl (C=O) groups is 2. The zero-order chi connectivity index (χ0) is 19.1. The Morgan fingerprint density at radius 2 is 1.96 bits per heavy atom. The van der Waals surface area contributed by atoms with E-state index in [2.05, 4.69) is 10.3 Å². The fraction of sp³-hybridized carbons (Fsp3) is 0.450. The van der Waals surface area contributed by atoms with E-state index in [1.165, 1.54) is 11.3 Å². The third-order valence-electron chi connectivity index (χ3n) is 5.53. The van der Waals surface area contributed by atoms with Gasteiger partial charge in [0.25, 0.3) is 5.91 Å². The smallest absolute Gasteiger partial charge is 0.257 e. The third-order valence-corrected chi connectivity index (χ3v) is 6.57. The predicted octanol–water partition coefficient (Wildman–Crippen LogP) is 3.17. The van der Waals surface area contributed by atoms with Crippen LogP contribution in [0.15, 0.2) is 18.2 Å². The zero-order valence-electron chi connectivity index (χ0n) is 15.4. The molecule has 0 radical (unpaired) electrons. The molecule has 146 valence electrons. The molecular weight excluding hydrogens is 378 g/mol. The van der Waals surface area contributed by atoms with E-state index in [1.54, 1.807) is 18.2 Å². The number of hydrogen-bond donors (Lipinski definition) is 1. The van der Waals surface area contributed by atoms with E-state index < -0.39 is 0 Å². The van der Waals surface area contributed by atoms with Gasteiger partial charge in [-0.25, -0.2) is 4.98 Å². The topological polar surface area (TPSA) is 80.8 Å². The summed E-state index contributed by atoms with van der Waals surface area (Å²) in [6.45, 7) is 1.87. The highest BCUT2D eigenvalue weighted by Crippen LogP contribution is 2.38. The van der Waals surface area contributed by atoms with E-state index in [0.29, 0.717) is 22.2 Å². The Kier molecular flexibility index (Phi) is 4.43. The van der Waals surface area contributed by atoms with Gasteiger partial charge < -0.3 is 14.4 Å². The second kappa shape index (κ2) is 7.09. The fourth-order valence-corrected chi connectivity index (χ4v) is 5.14. The summed E-state index contributed by atoms with van der Waals surface area (Å²) in [7, 11) is 0. The number of aryl methyl sites for hydroxylation is 1. The van der Waals surface area contributed by atoms with Gasteiger partial charge in [0.15, 0.2) is 16.6 Å². The van der Waals surface area contributed by atoms with Crippen LogP contribution >= 0.6 is 11.3 Å². The second-order valence-electron chi connectivity index (χ2n) is 7.33. The maximum atomic E-state index is 12.9. The number of nitrogens with one attached hydrogen (secondary N) is 1. The lowest BCUT2D eigenvalue weighted by Gasteiger charge is -2.25. The Morgan fingerprint density at radius 3 is 2.82 bits per heavy atom. The molecule has 1 aromatic heterocycles. The van der Waals surface area contributed by atoms with Crippen LogP contribution in [0, 0.1) is 0 Å². The van der Waals surface area contributed by atoms with Crippen molar-refractivity contribution in [2.24, 2.45) is 0 Å². The number of carbonyl (C=O) groups excluding carboxylic acids is 2. The van der Waals surface area contributed by atoms with E-state index in [1.807, 2.05) is 4.90 Å². The molecule has 1 fully saturated rings.